The first kappa shape index (κ1) is 13.5. The van der Waals surface area contributed by atoms with Gasteiger partial charge in [-0.2, -0.15) is 0 Å². The van der Waals surface area contributed by atoms with Crippen LogP contribution in [0.4, 0.5) is 13.2 Å². The number of ether oxygens (including phenoxy) is 1. The van der Waals surface area contributed by atoms with Crippen molar-refractivity contribution in [2.75, 3.05) is 5.88 Å². The fraction of sp³-hybridized carbons (Fsp3) is 0.200. The first-order valence-electron chi connectivity index (χ1n) is 4.32. The third kappa shape index (κ3) is 3.45. The van der Waals surface area contributed by atoms with E-state index in [1.807, 2.05) is 0 Å². The van der Waals surface area contributed by atoms with Gasteiger partial charge in [0.25, 0.3) is 0 Å². The Kier molecular flexibility index (Phi) is 4.11. The Hall–Kier alpha value is -1.56. The van der Waals surface area contributed by atoms with Crippen LogP contribution in [0.3, 0.4) is 0 Å². The molecule has 17 heavy (non-hydrogen) atoms. The Bertz CT molecular complexity index is 443. The predicted octanol–water partition coefficient (Wildman–Crippen LogP) is 2.82. The van der Waals surface area contributed by atoms with Crippen molar-refractivity contribution in [3.63, 3.8) is 0 Å². The molecule has 3 nitrogen and oxygen atoms in total. The van der Waals surface area contributed by atoms with Gasteiger partial charge in [-0.25, -0.2) is 0 Å². The van der Waals surface area contributed by atoms with E-state index >= 15 is 0 Å². The molecule has 7 heteroatoms. The molecular formula is C10H6ClF3O3. The maximum absolute atomic E-state index is 12.1. The molecule has 0 heterocycles. The van der Waals surface area contributed by atoms with E-state index in [1.165, 1.54) is 12.1 Å². The van der Waals surface area contributed by atoms with Gasteiger partial charge in [-0.3, -0.25) is 9.59 Å². The summed E-state index contributed by atoms with van der Waals surface area (Å²) in [6.07, 6.45) is -4.67. The second-order valence-corrected chi connectivity index (χ2v) is 3.21. The van der Waals surface area contributed by atoms with Crippen molar-refractivity contribution >= 4 is 23.7 Å². The summed E-state index contributed by atoms with van der Waals surface area (Å²) in [7, 11) is 0. The van der Waals surface area contributed by atoms with Crippen LogP contribution in [0.15, 0.2) is 18.2 Å². The summed E-state index contributed by atoms with van der Waals surface area (Å²) in [4.78, 5) is 22.0. The van der Waals surface area contributed by atoms with Gasteiger partial charge in [-0.15, -0.1) is 24.8 Å². The van der Waals surface area contributed by atoms with E-state index in [2.05, 4.69) is 4.74 Å². The number of hydrogen-bond acceptors (Lipinski definition) is 3. The molecule has 0 saturated carbocycles. The van der Waals surface area contributed by atoms with E-state index < -0.39 is 29.3 Å². The summed E-state index contributed by atoms with van der Waals surface area (Å²) in [6.45, 7) is 0. The minimum absolute atomic E-state index is 0.197. The van der Waals surface area contributed by atoms with Crippen LogP contribution in [0, 0.1) is 0 Å². The van der Waals surface area contributed by atoms with E-state index in [0.29, 0.717) is 0 Å². The third-order valence-corrected chi connectivity index (χ3v) is 2.05. The van der Waals surface area contributed by atoms with Crippen molar-refractivity contribution < 1.29 is 27.5 Å². The minimum atomic E-state index is -4.94. The number of rotatable bonds is 4. The van der Waals surface area contributed by atoms with Crippen molar-refractivity contribution in [1.29, 1.82) is 0 Å². The molecule has 1 rings (SSSR count). The topological polar surface area (TPSA) is 43.4 Å². The molecule has 0 N–H and O–H groups in total. The van der Waals surface area contributed by atoms with Crippen molar-refractivity contribution in [2.24, 2.45) is 0 Å². The molecule has 0 unspecified atom stereocenters. The van der Waals surface area contributed by atoms with E-state index in [9.17, 15) is 22.8 Å². The summed E-state index contributed by atoms with van der Waals surface area (Å²) >= 11 is 5.26. The van der Waals surface area contributed by atoms with Gasteiger partial charge in [0, 0.05) is 5.56 Å². The smallest absolute Gasteiger partial charge is 0.405 e. The number of carbonyl (C=O) groups is 2. The number of Topliss-reactive ketones (excluding diaryl/α,β-unsaturated/α-hetero) is 1. The predicted molar refractivity (Wildman–Crippen MR) is 53.6 cm³/mol. The maximum atomic E-state index is 12.1. The lowest BCUT2D eigenvalue weighted by Crippen LogP contribution is -2.20. The normalized spacial score (nSPS) is 11.1. The zero-order valence-electron chi connectivity index (χ0n) is 8.25. The van der Waals surface area contributed by atoms with Crippen LogP contribution in [0.1, 0.15) is 20.7 Å². The Morgan fingerprint density at radius 2 is 2.06 bits per heavy atom. The van der Waals surface area contributed by atoms with Crippen molar-refractivity contribution in [3.05, 3.63) is 29.3 Å². The second kappa shape index (κ2) is 5.18. The molecule has 0 atom stereocenters. The zero-order valence-corrected chi connectivity index (χ0v) is 9.01. The van der Waals surface area contributed by atoms with E-state index in [-0.39, 0.29) is 11.8 Å². The highest BCUT2D eigenvalue weighted by atomic mass is 35.5. The van der Waals surface area contributed by atoms with Gasteiger partial charge in [0.2, 0.25) is 0 Å². The highest BCUT2D eigenvalue weighted by Gasteiger charge is 2.33. The van der Waals surface area contributed by atoms with Gasteiger partial charge >= 0.3 is 6.36 Å². The molecular weight excluding hydrogens is 261 g/mol. The van der Waals surface area contributed by atoms with Crippen molar-refractivity contribution in [1.82, 2.24) is 0 Å². The number of ketones is 1. The third-order valence-electron chi connectivity index (χ3n) is 1.81. The molecule has 0 amide bonds. The molecule has 0 spiro atoms. The molecule has 0 fully saturated rings. The van der Waals surface area contributed by atoms with Crippen LogP contribution in [-0.2, 0) is 0 Å². The average molecular weight is 267 g/mol. The highest BCUT2D eigenvalue weighted by Crippen LogP contribution is 2.28. The fourth-order valence-electron chi connectivity index (χ4n) is 1.22. The minimum Gasteiger partial charge on any atom is -0.405 e. The fourth-order valence-corrected chi connectivity index (χ4v) is 1.35. The number of carbonyl (C=O) groups excluding carboxylic acids is 2. The zero-order chi connectivity index (χ0) is 13.1. The Balaban J connectivity index is 3.29. The van der Waals surface area contributed by atoms with E-state index in [1.54, 1.807) is 0 Å². The molecule has 0 aliphatic rings. The molecule has 0 aliphatic heterocycles. The summed E-state index contributed by atoms with van der Waals surface area (Å²) in [6, 6.07) is 3.33. The number of halogens is 4. The van der Waals surface area contributed by atoms with Crippen LogP contribution < -0.4 is 4.74 Å². The van der Waals surface area contributed by atoms with Crippen molar-refractivity contribution in [2.45, 2.75) is 6.36 Å². The van der Waals surface area contributed by atoms with E-state index in [0.717, 1.165) is 6.07 Å². The second-order valence-electron chi connectivity index (χ2n) is 2.94. The van der Waals surface area contributed by atoms with Gasteiger partial charge in [-0.1, -0.05) is 12.1 Å². The first-order valence-corrected chi connectivity index (χ1v) is 4.85. The lowest BCUT2D eigenvalue weighted by atomic mass is 10.0. The molecule has 92 valence electrons. The Morgan fingerprint density at radius 1 is 1.41 bits per heavy atom. The van der Waals surface area contributed by atoms with E-state index in [4.69, 9.17) is 11.6 Å². The number of hydrogen-bond donors (Lipinski definition) is 0. The summed E-state index contributed by atoms with van der Waals surface area (Å²) in [5.74, 6) is -2.08. The van der Waals surface area contributed by atoms with Crippen LogP contribution in [0.2, 0.25) is 0 Å². The van der Waals surface area contributed by atoms with Gasteiger partial charge in [0.15, 0.2) is 12.1 Å². The summed E-state index contributed by atoms with van der Waals surface area (Å²) < 4.78 is 39.9. The van der Waals surface area contributed by atoms with Crippen LogP contribution in [-0.4, -0.2) is 24.3 Å². The lowest BCUT2D eigenvalue weighted by molar-refractivity contribution is -0.274. The summed E-state index contributed by atoms with van der Waals surface area (Å²) in [5.41, 5.74) is -0.660. The molecule has 0 saturated heterocycles. The number of alkyl halides is 4. The van der Waals surface area contributed by atoms with Gasteiger partial charge in [0.1, 0.15) is 5.75 Å². The maximum Gasteiger partial charge on any atom is 0.573 e. The summed E-state index contributed by atoms with van der Waals surface area (Å²) in [5, 5.41) is 0. The van der Waals surface area contributed by atoms with Gasteiger partial charge in [0.05, 0.1) is 11.4 Å². The standard InChI is InChI=1S/C10H6ClF3O3/c11-4-7(16)9-6(5-15)2-1-3-8(9)17-10(12,13)14/h1-3,5H,4H2. The molecule has 0 bridgehead atoms. The molecule has 0 aromatic heterocycles. The van der Waals surface area contributed by atoms with Crippen LogP contribution in [0.25, 0.3) is 0 Å². The molecule has 0 aliphatic carbocycles. The van der Waals surface area contributed by atoms with Crippen LogP contribution in [0.5, 0.6) is 5.75 Å². The quantitative estimate of drug-likeness (QED) is 0.478. The number of aldehydes is 1. The van der Waals surface area contributed by atoms with Gasteiger partial charge in [-0.05, 0) is 6.07 Å². The Labute approximate surface area is 99.1 Å². The van der Waals surface area contributed by atoms with Crippen molar-refractivity contribution in [3.8, 4) is 5.75 Å². The SMILES string of the molecule is O=Cc1cccc(OC(F)(F)F)c1C(=O)CCl. The monoisotopic (exact) mass is 266 g/mol. The lowest BCUT2D eigenvalue weighted by Gasteiger charge is -2.13. The number of benzene rings is 1. The molecule has 0 radical (unpaired) electrons. The first-order chi connectivity index (χ1) is 7.89. The van der Waals surface area contributed by atoms with Crippen LogP contribution >= 0.6 is 11.6 Å². The largest absolute Gasteiger partial charge is 0.573 e. The average Bonchev–Trinajstić information content (AvgIpc) is 2.25. The molecule has 1 aromatic carbocycles. The Morgan fingerprint density at radius 3 is 2.53 bits per heavy atom. The van der Waals surface area contributed by atoms with Gasteiger partial charge < -0.3 is 4.74 Å². The molecule has 1 aromatic rings. The highest BCUT2D eigenvalue weighted by molar-refractivity contribution is 6.31.